The molecular formula is C9H16O. The average Bonchev–Trinajstić information content (AvgIpc) is 1.96. The Labute approximate surface area is 63.1 Å². The highest BCUT2D eigenvalue weighted by Gasteiger charge is 2.15. The maximum atomic E-state index is 5.48. The first-order valence-corrected chi connectivity index (χ1v) is 3.99. The highest BCUT2D eigenvalue weighted by atomic mass is 16.5. The largest absolute Gasteiger partial charge is 0.378 e. The van der Waals surface area contributed by atoms with Crippen molar-refractivity contribution in [3.05, 3.63) is 12.2 Å². The van der Waals surface area contributed by atoms with Crippen LogP contribution in [0.15, 0.2) is 12.2 Å². The van der Waals surface area contributed by atoms with Crippen molar-refractivity contribution < 1.29 is 4.74 Å². The predicted octanol–water partition coefficient (Wildman–Crippen LogP) is 2.38. The predicted molar refractivity (Wildman–Crippen MR) is 43.0 cm³/mol. The third-order valence-corrected chi connectivity index (χ3v) is 2.21. The molecule has 0 saturated carbocycles. The van der Waals surface area contributed by atoms with Crippen molar-refractivity contribution in [1.29, 1.82) is 0 Å². The summed E-state index contributed by atoms with van der Waals surface area (Å²) in [6.45, 7) is 9.24. The molecule has 0 aromatic heterocycles. The van der Waals surface area contributed by atoms with Crippen molar-refractivity contribution in [3.8, 4) is 0 Å². The zero-order valence-electron chi connectivity index (χ0n) is 6.89. The molecule has 0 N–H and O–H groups in total. The lowest BCUT2D eigenvalue weighted by atomic mass is 9.96. The summed E-state index contributed by atoms with van der Waals surface area (Å²) in [5.74, 6) is 0.650. The maximum absolute atomic E-state index is 5.48. The van der Waals surface area contributed by atoms with E-state index in [1.54, 1.807) is 0 Å². The monoisotopic (exact) mass is 140 g/mol. The van der Waals surface area contributed by atoms with Crippen LogP contribution in [0.2, 0.25) is 0 Å². The molecule has 0 aromatic carbocycles. The Morgan fingerprint density at radius 3 is 2.90 bits per heavy atom. The molecule has 0 radical (unpaired) electrons. The molecule has 0 aromatic rings. The third kappa shape index (κ3) is 1.84. The van der Waals surface area contributed by atoms with Crippen molar-refractivity contribution in [2.75, 3.05) is 6.61 Å². The zero-order valence-corrected chi connectivity index (χ0v) is 6.89. The van der Waals surface area contributed by atoms with E-state index in [1.807, 2.05) is 0 Å². The number of ether oxygens (including phenoxy) is 1. The molecular weight excluding hydrogens is 124 g/mol. The first-order valence-electron chi connectivity index (χ1n) is 3.99. The normalized spacial score (nSPS) is 35.6. The third-order valence-electron chi connectivity index (χ3n) is 2.21. The van der Waals surface area contributed by atoms with Crippen molar-refractivity contribution in [2.45, 2.75) is 32.8 Å². The molecule has 1 unspecified atom stereocenters. The fourth-order valence-corrected chi connectivity index (χ4v) is 1.37. The molecule has 0 bridgehead atoms. The second-order valence-corrected chi connectivity index (χ2v) is 3.23. The highest BCUT2D eigenvalue weighted by molar-refractivity contribution is 5.00. The van der Waals surface area contributed by atoms with Crippen LogP contribution in [0.1, 0.15) is 26.7 Å². The van der Waals surface area contributed by atoms with Crippen LogP contribution in [-0.4, -0.2) is 12.7 Å². The second-order valence-electron chi connectivity index (χ2n) is 3.23. The van der Waals surface area contributed by atoms with E-state index >= 15 is 0 Å². The summed E-state index contributed by atoms with van der Waals surface area (Å²) in [5.41, 5.74) is 1.35. The Balaban J connectivity index is 2.49. The first kappa shape index (κ1) is 7.80. The zero-order chi connectivity index (χ0) is 7.56. The van der Waals surface area contributed by atoms with Gasteiger partial charge in [0.25, 0.3) is 0 Å². The topological polar surface area (TPSA) is 9.23 Å². The summed E-state index contributed by atoms with van der Waals surface area (Å²) in [6, 6.07) is 0. The number of hydrogen-bond donors (Lipinski definition) is 0. The van der Waals surface area contributed by atoms with Gasteiger partial charge < -0.3 is 4.74 Å². The Morgan fingerprint density at radius 2 is 2.20 bits per heavy atom. The van der Waals surface area contributed by atoms with Gasteiger partial charge in [0.15, 0.2) is 0 Å². The molecule has 1 nitrogen and oxygen atoms in total. The summed E-state index contributed by atoms with van der Waals surface area (Å²) in [4.78, 5) is 0. The minimum atomic E-state index is 0.425. The quantitative estimate of drug-likeness (QED) is 0.469. The fraction of sp³-hybridized carbons (Fsp3) is 0.778. The van der Waals surface area contributed by atoms with Crippen molar-refractivity contribution in [2.24, 2.45) is 5.92 Å². The van der Waals surface area contributed by atoms with Crippen molar-refractivity contribution in [1.82, 2.24) is 0 Å². The van der Waals surface area contributed by atoms with E-state index in [2.05, 4.69) is 20.4 Å². The van der Waals surface area contributed by atoms with E-state index < -0.39 is 0 Å². The SMILES string of the molecule is C=C1CCO[C@@H](C)CC1C. The van der Waals surface area contributed by atoms with Gasteiger partial charge in [-0.2, -0.15) is 0 Å². The summed E-state index contributed by atoms with van der Waals surface area (Å²) in [5, 5.41) is 0. The second kappa shape index (κ2) is 3.20. The Bertz CT molecular complexity index is 129. The van der Waals surface area contributed by atoms with Crippen LogP contribution in [0.25, 0.3) is 0 Å². The molecule has 0 spiro atoms. The number of rotatable bonds is 0. The lowest BCUT2D eigenvalue weighted by Crippen LogP contribution is -2.08. The summed E-state index contributed by atoms with van der Waals surface area (Å²) in [6.07, 6.45) is 2.61. The maximum Gasteiger partial charge on any atom is 0.0552 e. The van der Waals surface area contributed by atoms with Crippen molar-refractivity contribution >= 4 is 0 Å². The molecule has 1 fully saturated rings. The molecule has 0 amide bonds. The van der Waals surface area contributed by atoms with Gasteiger partial charge in [0.2, 0.25) is 0 Å². The van der Waals surface area contributed by atoms with Crippen LogP contribution in [-0.2, 0) is 4.74 Å². The summed E-state index contributed by atoms with van der Waals surface area (Å²) in [7, 11) is 0. The molecule has 1 saturated heterocycles. The van der Waals surface area contributed by atoms with Gasteiger partial charge in [0, 0.05) is 0 Å². The lowest BCUT2D eigenvalue weighted by Gasteiger charge is -2.11. The van der Waals surface area contributed by atoms with Gasteiger partial charge in [0.1, 0.15) is 0 Å². The molecule has 10 heavy (non-hydrogen) atoms. The van der Waals surface area contributed by atoms with Crippen LogP contribution < -0.4 is 0 Å². The summed E-state index contributed by atoms with van der Waals surface area (Å²) < 4.78 is 5.48. The molecule has 1 aliphatic heterocycles. The van der Waals surface area contributed by atoms with Crippen LogP contribution >= 0.6 is 0 Å². The Kier molecular flexibility index (Phi) is 2.50. The van der Waals surface area contributed by atoms with E-state index in [-0.39, 0.29) is 0 Å². The van der Waals surface area contributed by atoms with Gasteiger partial charge in [-0.15, -0.1) is 0 Å². The van der Waals surface area contributed by atoms with Crippen LogP contribution in [0.5, 0.6) is 0 Å². The fourth-order valence-electron chi connectivity index (χ4n) is 1.37. The van der Waals surface area contributed by atoms with Gasteiger partial charge >= 0.3 is 0 Å². The van der Waals surface area contributed by atoms with E-state index in [0.717, 1.165) is 19.4 Å². The standard InChI is InChI=1S/C9H16O/c1-7-4-5-10-9(3)6-8(7)2/h8-9H,1,4-6H2,2-3H3/t8?,9-/m0/s1. The van der Waals surface area contributed by atoms with E-state index in [1.165, 1.54) is 5.57 Å². The van der Waals surface area contributed by atoms with Crippen LogP contribution in [0, 0.1) is 5.92 Å². The molecule has 1 aliphatic rings. The van der Waals surface area contributed by atoms with Gasteiger partial charge in [0.05, 0.1) is 12.7 Å². The van der Waals surface area contributed by atoms with Gasteiger partial charge in [-0.25, -0.2) is 0 Å². The van der Waals surface area contributed by atoms with Gasteiger partial charge in [-0.1, -0.05) is 19.1 Å². The Hall–Kier alpha value is -0.300. The van der Waals surface area contributed by atoms with Gasteiger partial charge in [-0.3, -0.25) is 0 Å². The lowest BCUT2D eigenvalue weighted by molar-refractivity contribution is 0.0687. The average molecular weight is 140 g/mol. The molecule has 0 aliphatic carbocycles. The van der Waals surface area contributed by atoms with Gasteiger partial charge in [-0.05, 0) is 25.7 Å². The van der Waals surface area contributed by atoms with Crippen LogP contribution in [0.3, 0.4) is 0 Å². The molecule has 2 atom stereocenters. The smallest absolute Gasteiger partial charge is 0.0552 e. The molecule has 58 valence electrons. The molecule has 1 rings (SSSR count). The minimum Gasteiger partial charge on any atom is -0.378 e. The van der Waals surface area contributed by atoms with E-state index in [0.29, 0.717) is 12.0 Å². The minimum absolute atomic E-state index is 0.425. The number of hydrogen-bond acceptors (Lipinski definition) is 1. The summed E-state index contributed by atoms with van der Waals surface area (Å²) >= 11 is 0. The molecule has 1 heteroatoms. The Morgan fingerprint density at radius 1 is 1.50 bits per heavy atom. The highest BCUT2D eigenvalue weighted by Crippen LogP contribution is 2.22. The first-order chi connectivity index (χ1) is 4.70. The van der Waals surface area contributed by atoms with Crippen LogP contribution in [0.4, 0.5) is 0 Å². The van der Waals surface area contributed by atoms with E-state index in [4.69, 9.17) is 4.74 Å². The van der Waals surface area contributed by atoms with Crippen molar-refractivity contribution in [3.63, 3.8) is 0 Å². The molecule has 1 heterocycles. The van der Waals surface area contributed by atoms with E-state index in [9.17, 15) is 0 Å².